The molecule has 0 amide bonds. The second kappa shape index (κ2) is 6.10. The molecule has 110 valence electrons. The highest BCUT2D eigenvalue weighted by molar-refractivity contribution is 5.83. The van der Waals surface area contributed by atoms with Crippen LogP contribution in [0.1, 0.15) is 6.92 Å². The number of hydrogen-bond donors (Lipinski definition) is 1. The second-order valence-electron chi connectivity index (χ2n) is 5.03. The van der Waals surface area contributed by atoms with E-state index in [1.54, 1.807) is 0 Å². The summed E-state index contributed by atoms with van der Waals surface area (Å²) < 4.78 is 5.17. The summed E-state index contributed by atoms with van der Waals surface area (Å²) in [5.74, 6) is 0.632. The molecule has 1 aromatic heterocycles. The largest absolute Gasteiger partial charge is 0.464 e. The first kappa shape index (κ1) is 13.8. The van der Waals surface area contributed by atoms with Crippen molar-refractivity contribution >= 4 is 22.7 Å². The summed E-state index contributed by atoms with van der Waals surface area (Å²) >= 11 is 0. The zero-order chi connectivity index (χ0) is 14.7. The minimum absolute atomic E-state index is 0.195. The quantitative estimate of drug-likeness (QED) is 0.868. The number of ether oxygens (including phenoxy) is 1. The highest BCUT2D eigenvalue weighted by atomic mass is 16.5. The van der Waals surface area contributed by atoms with E-state index in [0.717, 1.165) is 29.8 Å². The number of benzene rings is 1. The zero-order valence-corrected chi connectivity index (χ0v) is 12.1. The number of esters is 1. The van der Waals surface area contributed by atoms with E-state index in [4.69, 9.17) is 4.74 Å². The molecule has 0 radical (unpaired) electrons. The summed E-state index contributed by atoms with van der Waals surface area (Å²) in [5, 5.41) is 4.34. The Labute approximate surface area is 123 Å². The van der Waals surface area contributed by atoms with Crippen molar-refractivity contribution in [1.29, 1.82) is 0 Å². The number of fused-ring (bicyclic) bond motifs is 1. The molecule has 0 aliphatic carbocycles. The van der Waals surface area contributed by atoms with E-state index in [1.807, 2.05) is 48.2 Å². The molecule has 1 saturated heterocycles. The number of para-hydroxylation sites is 1. The van der Waals surface area contributed by atoms with E-state index >= 15 is 0 Å². The molecule has 0 bridgehead atoms. The smallest absolute Gasteiger partial charge is 0.330 e. The van der Waals surface area contributed by atoms with Crippen LogP contribution in [0.3, 0.4) is 0 Å². The van der Waals surface area contributed by atoms with E-state index in [-0.39, 0.29) is 12.0 Å². The van der Waals surface area contributed by atoms with Gasteiger partial charge < -0.3 is 15.0 Å². The van der Waals surface area contributed by atoms with Crippen LogP contribution in [0, 0.1) is 0 Å². The van der Waals surface area contributed by atoms with Gasteiger partial charge in [-0.25, -0.2) is 9.78 Å². The van der Waals surface area contributed by atoms with Crippen molar-refractivity contribution < 1.29 is 9.53 Å². The Morgan fingerprint density at radius 3 is 3.10 bits per heavy atom. The number of nitrogens with zero attached hydrogens (tertiary/aromatic N) is 2. The number of carbonyl (C=O) groups excluding carboxylic acids is 1. The second-order valence-corrected chi connectivity index (χ2v) is 5.03. The predicted molar refractivity (Wildman–Crippen MR) is 82.4 cm³/mol. The molecule has 1 fully saturated rings. The van der Waals surface area contributed by atoms with Gasteiger partial charge in [-0.15, -0.1) is 0 Å². The van der Waals surface area contributed by atoms with E-state index in [0.29, 0.717) is 13.2 Å². The number of rotatable bonds is 3. The molecule has 0 spiro atoms. The lowest BCUT2D eigenvalue weighted by Crippen LogP contribution is -2.56. The molecule has 21 heavy (non-hydrogen) atoms. The first-order valence-electron chi connectivity index (χ1n) is 7.29. The molecule has 1 aliphatic rings. The SMILES string of the molecule is CCOC(=O)C1CNCCN1c1ccc2ccccc2n1. The molecule has 1 atom stereocenters. The Balaban J connectivity index is 1.92. The lowest BCUT2D eigenvalue weighted by molar-refractivity contribution is -0.144. The number of anilines is 1. The maximum Gasteiger partial charge on any atom is 0.330 e. The van der Waals surface area contributed by atoms with Crippen LogP contribution in [0.15, 0.2) is 36.4 Å². The van der Waals surface area contributed by atoms with Gasteiger partial charge in [0.2, 0.25) is 0 Å². The van der Waals surface area contributed by atoms with Crippen LogP contribution in [0.25, 0.3) is 10.9 Å². The van der Waals surface area contributed by atoms with Crippen LogP contribution in [0.4, 0.5) is 5.82 Å². The average molecular weight is 285 g/mol. The first-order chi connectivity index (χ1) is 10.3. The van der Waals surface area contributed by atoms with Gasteiger partial charge in [-0.2, -0.15) is 0 Å². The van der Waals surface area contributed by atoms with Gasteiger partial charge in [0.05, 0.1) is 12.1 Å². The van der Waals surface area contributed by atoms with E-state index in [1.165, 1.54) is 0 Å². The van der Waals surface area contributed by atoms with Crippen molar-refractivity contribution in [2.75, 3.05) is 31.1 Å². The maximum absolute atomic E-state index is 12.1. The lowest BCUT2D eigenvalue weighted by atomic mass is 10.1. The summed E-state index contributed by atoms with van der Waals surface area (Å²) in [6.07, 6.45) is 0. The average Bonchev–Trinajstić information content (AvgIpc) is 2.54. The van der Waals surface area contributed by atoms with Gasteiger partial charge in [0.15, 0.2) is 0 Å². The topological polar surface area (TPSA) is 54.5 Å². The van der Waals surface area contributed by atoms with Gasteiger partial charge in [0.1, 0.15) is 11.9 Å². The fourth-order valence-electron chi connectivity index (χ4n) is 2.64. The van der Waals surface area contributed by atoms with Crippen LogP contribution in [0.2, 0.25) is 0 Å². The molecule has 0 saturated carbocycles. The third-order valence-corrected chi connectivity index (χ3v) is 3.68. The van der Waals surface area contributed by atoms with Gasteiger partial charge in [0.25, 0.3) is 0 Å². The molecule has 3 rings (SSSR count). The molecule has 2 aromatic rings. The van der Waals surface area contributed by atoms with Crippen LogP contribution >= 0.6 is 0 Å². The predicted octanol–water partition coefficient (Wildman–Crippen LogP) is 1.58. The van der Waals surface area contributed by atoms with Crippen molar-refractivity contribution in [2.45, 2.75) is 13.0 Å². The number of piperazine rings is 1. The van der Waals surface area contributed by atoms with Crippen LogP contribution in [-0.4, -0.2) is 43.2 Å². The fraction of sp³-hybridized carbons (Fsp3) is 0.375. The Bertz CT molecular complexity index is 644. The summed E-state index contributed by atoms with van der Waals surface area (Å²) in [4.78, 5) is 18.8. The number of pyridine rings is 1. The summed E-state index contributed by atoms with van der Waals surface area (Å²) in [5.41, 5.74) is 0.941. The molecule has 1 unspecified atom stereocenters. The van der Waals surface area contributed by atoms with E-state index in [9.17, 15) is 4.79 Å². The maximum atomic E-state index is 12.1. The molecular formula is C16H19N3O2. The van der Waals surface area contributed by atoms with Crippen molar-refractivity contribution in [3.05, 3.63) is 36.4 Å². The van der Waals surface area contributed by atoms with Crippen molar-refractivity contribution in [2.24, 2.45) is 0 Å². The molecule has 1 aromatic carbocycles. The van der Waals surface area contributed by atoms with Gasteiger partial charge in [-0.3, -0.25) is 0 Å². The third-order valence-electron chi connectivity index (χ3n) is 3.68. The molecule has 5 nitrogen and oxygen atoms in total. The van der Waals surface area contributed by atoms with Gasteiger partial charge >= 0.3 is 5.97 Å². The van der Waals surface area contributed by atoms with Gasteiger partial charge in [-0.1, -0.05) is 18.2 Å². The van der Waals surface area contributed by atoms with E-state index in [2.05, 4.69) is 10.3 Å². The molecule has 1 N–H and O–H groups in total. The Morgan fingerprint density at radius 1 is 1.38 bits per heavy atom. The monoisotopic (exact) mass is 285 g/mol. The summed E-state index contributed by atoms with van der Waals surface area (Å²) in [6.45, 7) is 4.40. The van der Waals surface area contributed by atoms with E-state index < -0.39 is 0 Å². The van der Waals surface area contributed by atoms with Crippen molar-refractivity contribution in [3.63, 3.8) is 0 Å². The van der Waals surface area contributed by atoms with Gasteiger partial charge in [0, 0.05) is 25.0 Å². The van der Waals surface area contributed by atoms with Crippen molar-refractivity contribution in [1.82, 2.24) is 10.3 Å². The zero-order valence-electron chi connectivity index (χ0n) is 12.1. The van der Waals surface area contributed by atoms with Crippen molar-refractivity contribution in [3.8, 4) is 0 Å². The van der Waals surface area contributed by atoms with Crippen LogP contribution in [-0.2, 0) is 9.53 Å². The standard InChI is InChI=1S/C16H19N3O2/c1-2-21-16(20)14-11-17-9-10-19(14)15-8-7-12-5-3-4-6-13(12)18-15/h3-8,14,17H,2,9-11H2,1H3. The third kappa shape index (κ3) is 2.83. The molecule has 2 heterocycles. The minimum Gasteiger partial charge on any atom is -0.464 e. The first-order valence-corrected chi connectivity index (χ1v) is 7.29. The fourth-order valence-corrected chi connectivity index (χ4v) is 2.64. The number of carbonyl (C=O) groups is 1. The van der Waals surface area contributed by atoms with Gasteiger partial charge in [-0.05, 0) is 25.1 Å². The minimum atomic E-state index is -0.313. The summed E-state index contributed by atoms with van der Waals surface area (Å²) in [6, 6.07) is 11.7. The number of aromatic nitrogens is 1. The normalized spacial score (nSPS) is 18.7. The van der Waals surface area contributed by atoms with Crippen LogP contribution < -0.4 is 10.2 Å². The summed E-state index contributed by atoms with van der Waals surface area (Å²) in [7, 11) is 0. The highest BCUT2D eigenvalue weighted by Crippen LogP contribution is 2.21. The highest BCUT2D eigenvalue weighted by Gasteiger charge is 2.30. The number of nitrogens with one attached hydrogen (secondary N) is 1. The lowest BCUT2D eigenvalue weighted by Gasteiger charge is -2.35. The Morgan fingerprint density at radius 2 is 2.24 bits per heavy atom. The Hall–Kier alpha value is -2.14. The molecular weight excluding hydrogens is 266 g/mol. The van der Waals surface area contributed by atoms with Crippen LogP contribution in [0.5, 0.6) is 0 Å². The number of hydrogen-bond acceptors (Lipinski definition) is 5. The molecule has 1 aliphatic heterocycles. The Kier molecular flexibility index (Phi) is 4.01. The molecule has 5 heteroatoms.